The zero-order valence-corrected chi connectivity index (χ0v) is 14.8. The molecule has 0 saturated heterocycles. The van der Waals surface area contributed by atoms with Crippen LogP contribution >= 0.6 is 15.9 Å². The van der Waals surface area contributed by atoms with Gasteiger partial charge in [0.05, 0.1) is 0 Å². The Morgan fingerprint density at radius 3 is 2.52 bits per heavy atom. The number of ether oxygens (including phenoxy) is 1. The van der Waals surface area contributed by atoms with E-state index in [9.17, 15) is 21.6 Å². The van der Waals surface area contributed by atoms with Crippen molar-refractivity contribution >= 4 is 26.0 Å². The summed E-state index contributed by atoms with van der Waals surface area (Å²) in [7, 11) is -4.05. The molecule has 1 saturated carbocycles. The maximum Gasteiger partial charge on any atom is 0.573 e. The van der Waals surface area contributed by atoms with Gasteiger partial charge in [-0.1, -0.05) is 22.9 Å². The Hall–Kier alpha value is -0.800. The number of halogens is 4. The highest BCUT2D eigenvalue weighted by atomic mass is 79.9. The molecule has 1 aromatic carbocycles. The lowest BCUT2D eigenvalue weighted by atomic mass is 10.3. The van der Waals surface area contributed by atoms with Crippen molar-refractivity contribution < 1.29 is 26.3 Å². The molecule has 1 fully saturated rings. The minimum atomic E-state index is -4.96. The normalized spacial score (nSPS) is 15.9. The summed E-state index contributed by atoms with van der Waals surface area (Å²) in [6.07, 6.45) is -2.49. The van der Waals surface area contributed by atoms with Crippen molar-refractivity contribution in [1.29, 1.82) is 0 Å². The van der Waals surface area contributed by atoms with E-state index in [2.05, 4.69) is 20.7 Å². The molecule has 0 radical (unpaired) electrons. The molecule has 1 aromatic rings. The Kier molecular flexibility index (Phi) is 5.63. The van der Waals surface area contributed by atoms with Gasteiger partial charge in [0, 0.05) is 17.6 Å². The molecule has 1 aliphatic carbocycles. The molecule has 130 valence electrons. The van der Waals surface area contributed by atoms with E-state index in [0.717, 1.165) is 25.0 Å². The number of sulfonamides is 1. The van der Waals surface area contributed by atoms with Crippen LogP contribution in [0.3, 0.4) is 0 Å². The molecule has 0 aliphatic heterocycles. The highest BCUT2D eigenvalue weighted by Crippen LogP contribution is 2.36. The third-order valence-electron chi connectivity index (χ3n) is 3.38. The lowest BCUT2D eigenvalue weighted by molar-refractivity contribution is -0.275. The van der Waals surface area contributed by atoms with Gasteiger partial charge < -0.3 is 4.74 Å². The topological polar surface area (TPSA) is 46.6 Å². The fraction of sp³-hybridized carbons (Fsp3) is 0.571. The molecule has 2 rings (SSSR count). The molecule has 4 nitrogen and oxygen atoms in total. The maximum atomic E-state index is 12.8. The van der Waals surface area contributed by atoms with Crippen molar-refractivity contribution in [2.45, 2.75) is 37.4 Å². The Morgan fingerprint density at radius 1 is 1.35 bits per heavy atom. The number of rotatable bonds is 7. The summed E-state index contributed by atoms with van der Waals surface area (Å²) in [6.45, 7) is 2.42. The van der Waals surface area contributed by atoms with Gasteiger partial charge in [-0.05, 0) is 43.4 Å². The van der Waals surface area contributed by atoms with Gasteiger partial charge in [0.25, 0.3) is 0 Å². The number of benzene rings is 1. The average molecular weight is 416 g/mol. The summed E-state index contributed by atoms with van der Waals surface area (Å²) >= 11 is 3.03. The summed E-state index contributed by atoms with van der Waals surface area (Å²) in [5, 5.41) is 0. The molecule has 0 heterocycles. The maximum absolute atomic E-state index is 12.8. The molecule has 0 N–H and O–H groups in total. The van der Waals surface area contributed by atoms with E-state index in [0.29, 0.717) is 23.4 Å². The molecule has 0 spiro atoms. The Labute approximate surface area is 141 Å². The van der Waals surface area contributed by atoms with Crippen molar-refractivity contribution in [3.63, 3.8) is 0 Å². The van der Waals surface area contributed by atoms with Crippen molar-refractivity contribution in [3.05, 3.63) is 22.7 Å². The number of nitrogens with zero attached hydrogens (tertiary/aromatic N) is 1. The zero-order chi connectivity index (χ0) is 17.3. The Balaban J connectivity index is 2.40. The lowest BCUT2D eigenvalue weighted by Crippen LogP contribution is -2.34. The fourth-order valence-electron chi connectivity index (χ4n) is 2.19. The van der Waals surface area contributed by atoms with Gasteiger partial charge in [-0.3, -0.25) is 0 Å². The monoisotopic (exact) mass is 415 g/mol. The van der Waals surface area contributed by atoms with Gasteiger partial charge >= 0.3 is 6.36 Å². The molecule has 1 aliphatic rings. The third-order valence-corrected chi connectivity index (χ3v) is 5.78. The van der Waals surface area contributed by atoms with Gasteiger partial charge in [0.2, 0.25) is 10.0 Å². The van der Waals surface area contributed by atoms with E-state index in [1.54, 1.807) is 0 Å². The van der Waals surface area contributed by atoms with Crippen molar-refractivity contribution in [3.8, 4) is 5.75 Å². The number of alkyl halides is 3. The summed E-state index contributed by atoms with van der Waals surface area (Å²) in [5.41, 5.74) is 0. The van der Waals surface area contributed by atoms with Crippen LogP contribution in [-0.2, 0) is 10.0 Å². The second-order valence-corrected chi connectivity index (χ2v) is 8.27. The van der Waals surface area contributed by atoms with Gasteiger partial charge in [-0.15, -0.1) is 13.2 Å². The van der Waals surface area contributed by atoms with E-state index >= 15 is 0 Å². The molecule has 0 unspecified atom stereocenters. The second kappa shape index (κ2) is 6.98. The molecule has 0 amide bonds. The number of hydrogen-bond donors (Lipinski definition) is 0. The van der Waals surface area contributed by atoms with Crippen LogP contribution in [0.5, 0.6) is 5.75 Å². The first-order valence-corrected chi connectivity index (χ1v) is 9.42. The lowest BCUT2D eigenvalue weighted by Gasteiger charge is -2.23. The van der Waals surface area contributed by atoms with Gasteiger partial charge in [-0.2, -0.15) is 4.31 Å². The second-order valence-electron chi connectivity index (χ2n) is 5.45. The smallest absolute Gasteiger partial charge is 0.404 e. The quantitative estimate of drug-likeness (QED) is 0.671. The Bertz CT molecular complexity index is 660. The van der Waals surface area contributed by atoms with Crippen LogP contribution in [0, 0.1) is 5.92 Å². The predicted octanol–water partition coefficient (Wildman–Crippen LogP) is 4.16. The van der Waals surface area contributed by atoms with Crippen molar-refractivity contribution in [2.24, 2.45) is 5.92 Å². The third kappa shape index (κ3) is 5.09. The average Bonchev–Trinajstić information content (AvgIpc) is 3.20. The first-order valence-electron chi connectivity index (χ1n) is 7.19. The molecule has 0 atom stereocenters. The van der Waals surface area contributed by atoms with Gasteiger partial charge in [-0.25, -0.2) is 8.42 Å². The first-order chi connectivity index (χ1) is 10.6. The van der Waals surface area contributed by atoms with Gasteiger partial charge in [0.15, 0.2) is 5.75 Å². The van der Waals surface area contributed by atoms with Crippen LogP contribution in [0.4, 0.5) is 13.2 Å². The van der Waals surface area contributed by atoms with E-state index in [1.807, 2.05) is 6.92 Å². The van der Waals surface area contributed by atoms with Crippen LogP contribution in [0.1, 0.15) is 26.2 Å². The summed E-state index contributed by atoms with van der Waals surface area (Å²) < 4.78 is 68.7. The van der Waals surface area contributed by atoms with Gasteiger partial charge in [0.1, 0.15) is 4.90 Å². The highest BCUT2D eigenvalue weighted by Gasteiger charge is 2.37. The van der Waals surface area contributed by atoms with E-state index < -0.39 is 27.0 Å². The van der Waals surface area contributed by atoms with Crippen molar-refractivity contribution in [1.82, 2.24) is 4.31 Å². The van der Waals surface area contributed by atoms with Crippen LogP contribution in [0.2, 0.25) is 0 Å². The highest BCUT2D eigenvalue weighted by molar-refractivity contribution is 9.10. The van der Waals surface area contributed by atoms with Crippen molar-refractivity contribution in [2.75, 3.05) is 13.1 Å². The summed E-state index contributed by atoms with van der Waals surface area (Å²) in [5.74, 6) is -0.428. The number of hydrogen-bond acceptors (Lipinski definition) is 3. The standard InChI is InChI=1S/C14H17BrF3NO3S/c1-2-7-19(9-10-3-4-10)23(20,21)13-6-5-11(15)8-12(13)22-14(16,17)18/h5-6,8,10H,2-4,7,9H2,1H3. The van der Waals surface area contributed by atoms with Crippen LogP contribution in [-0.4, -0.2) is 32.2 Å². The Morgan fingerprint density at radius 2 is 2.00 bits per heavy atom. The van der Waals surface area contributed by atoms with Crippen LogP contribution in [0.15, 0.2) is 27.6 Å². The predicted molar refractivity (Wildman–Crippen MR) is 82.6 cm³/mol. The van der Waals surface area contributed by atoms with E-state index in [1.165, 1.54) is 10.4 Å². The van der Waals surface area contributed by atoms with Crippen LogP contribution in [0.25, 0.3) is 0 Å². The molecule has 0 bridgehead atoms. The zero-order valence-electron chi connectivity index (χ0n) is 12.4. The fourth-order valence-corrected chi connectivity index (χ4v) is 4.23. The molecule has 23 heavy (non-hydrogen) atoms. The molecular weight excluding hydrogens is 399 g/mol. The van der Waals surface area contributed by atoms with Crippen LogP contribution < -0.4 is 4.74 Å². The first kappa shape index (κ1) is 18.5. The summed E-state index contributed by atoms with van der Waals surface area (Å²) in [4.78, 5) is -0.466. The molecule has 0 aromatic heterocycles. The SMILES string of the molecule is CCCN(CC1CC1)S(=O)(=O)c1ccc(Br)cc1OC(F)(F)F. The summed E-state index contributed by atoms with van der Waals surface area (Å²) in [6, 6.07) is 3.54. The minimum absolute atomic E-state index is 0.264. The van der Waals surface area contributed by atoms with E-state index in [4.69, 9.17) is 0 Å². The largest absolute Gasteiger partial charge is 0.573 e. The molecular formula is C14H17BrF3NO3S. The van der Waals surface area contributed by atoms with E-state index in [-0.39, 0.29) is 6.54 Å². The minimum Gasteiger partial charge on any atom is -0.404 e. The molecule has 9 heteroatoms.